The number of hydrogen-bond donors (Lipinski definition) is 9. The van der Waals surface area contributed by atoms with Crippen LogP contribution in [0, 0.1) is 0 Å². The van der Waals surface area contributed by atoms with E-state index in [9.17, 15) is 44.1 Å². The summed E-state index contributed by atoms with van der Waals surface area (Å²) in [4.78, 5) is 123. The minimum Gasteiger partial charge on any atom is -0.477 e. The molecule has 0 radical (unpaired) electrons. The summed E-state index contributed by atoms with van der Waals surface area (Å²) in [7, 11) is 0. The second kappa shape index (κ2) is 34.5. The van der Waals surface area contributed by atoms with Crippen molar-refractivity contribution in [1.29, 1.82) is 0 Å². The van der Waals surface area contributed by atoms with Gasteiger partial charge in [-0.1, -0.05) is 97.1 Å². The normalized spacial score (nSPS) is 24.3. The van der Waals surface area contributed by atoms with Crippen LogP contribution in [0.1, 0.15) is 106 Å². The van der Waals surface area contributed by atoms with Crippen molar-refractivity contribution < 1.29 is 101 Å². The van der Waals surface area contributed by atoms with Gasteiger partial charge in [0.2, 0.25) is 36.5 Å². The van der Waals surface area contributed by atoms with E-state index in [0.29, 0.717) is 46.6 Å². The van der Waals surface area contributed by atoms with Crippen molar-refractivity contribution in [2.45, 2.75) is 126 Å². The summed E-state index contributed by atoms with van der Waals surface area (Å²) in [5, 5.41) is 45.0. The molecule has 7 fully saturated rings. The minimum absolute atomic E-state index is 0.114. The first-order chi connectivity index (χ1) is 58.6. The number of carboxylic acid groups (broad SMARTS) is 3. The van der Waals surface area contributed by atoms with Crippen molar-refractivity contribution in [1.82, 2.24) is 89.5 Å². The van der Waals surface area contributed by atoms with Gasteiger partial charge in [-0.15, -0.1) is 0 Å². The van der Waals surface area contributed by atoms with E-state index < -0.39 is 123 Å². The highest BCUT2D eigenvalue weighted by atomic mass is 16.8. The number of nitrogens with one attached hydrogen (secondary N) is 6. The highest BCUT2D eigenvalue weighted by Gasteiger charge is 2.59. The molecule has 15 atom stereocenters. The Hall–Kier alpha value is -14.2. The fourth-order valence-electron chi connectivity index (χ4n) is 13.8. The number of carbonyl (C=O) groups excluding carboxylic acids is 3. The van der Waals surface area contributed by atoms with Crippen LogP contribution in [0.2, 0.25) is 0 Å². The van der Waals surface area contributed by atoms with E-state index in [2.05, 4.69) is 91.7 Å². The molecule has 3 aromatic carbocycles. The standard InChI is InChI=1S/C27H25N7O7.C26H23N7O7.C25H23N7O7/c1-2-28-27(37)33-21-18-22(31-13-30-21)34(14-32-18)24-19-20(39-17(38-19)11-10-15-7-4-3-5-8-15)26(41-24)40-23-16(25(35)36)9-6-12-29-23;34-23(35)15-7-4-10-27-21(15)39-25-18-17(37-24(38-18)13-5-2-1-3-6-13)22(40-25)33-12-30-16-19(28-11-29-20(16)33)32-26(36)31-14-8-9-14;1-2-26-25(35)31-18-15-19(29-11-28-18)32(12-30-15)21-16-17(37-23(36-16)13-7-4-3-5-8-13)24(39-21)38-20-14(22(33)34)9-6-10-27-20/h3-14,17,19-20,24,26H,2H2,1H3,(H,35,36)(H2,28,30,31,33,37);1-7,10-12,14,17-18,22,24-25H,8-9H2,(H,34,35)(H2,28,29,31,32,36);3-12,16-17,21,23-24H,2H2,1H3,(H,33,34)(H2,26,28,29,31,35)/b11-10+;;/t17-,19?,20?,24?,26?;17?,18?,22?,24-,25?;16?,17?,21?,23-,24?/m111/s1. The summed E-state index contributed by atoms with van der Waals surface area (Å²) < 4.78 is 79.0. The third-order valence-electron chi connectivity index (χ3n) is 19.4. The van der Waals surface area contributed by atoms with Crippen molar-refractivity contribution >= 4 is 93.0 Å². The van der Waals surface area contributed by atoms with Gasteiger partial charge in [0, 0.05) is 48.8 Å². The summed E-state index contributed by atoms with van der Waals surface area (Å²) in [6.45, 7) is 4.47. The summed E-state index contributed by atoms with van der Waals surface area (Å²) in [5.41, 5.74) is 4.33. The second-order valence-corrected chi connectivity index (χ2v) is 27.2. The molecule has 614 valence electrons. The van der Waals surface area contributed by atoms with Crippen molar-refractivity contribution in [3.05, 3.63) is 223 Å². The molecule has 1 aliphatic carbocycles. The first-order valence-electron chi connectivity index (χ1n) is 37.6. The van der Waals surface area contributed by atoms with E-state index in [4.69, 9.17) is 56.8 Å². The molecule has 42 heteroatoms. The van der Waals surface area contributed by atoms with E-state index in [1.807, 2.05) is 97.1 Å². The number of imidazole rings is 3. The van der Waals surface area contributed by atoms with Crippen molar-refractivity contribution in [2.24, 2.45) is 0 Å². The van der Waals surface area contributed by atoms with Crippen LogP contribution in [-0.4, -0.2) is 206 Å². The average molecular weight is 1640 g/mol. The number of anilines is 3. The lowest BCUT2D eigenvalue weighted by molar-refractivity contribution is -0.191. The first-order valence-corrected chi connectivity index (χ1v) is 37.6. The molecule has 6 aliphatic heterocycles. The van der Waals surface area contributed by atoms with E-state index in [1.165, 1.54) is 93.0 Å². The van der Waals surface area contributed by atoms with Gasteiger partial charge in [-0.3, -0.25) is 29.7 Å². The van der Waals surface area contributed by atoms with Gasteiger partial charge in [0.25, 0.3) is 0 Å². The molecule has 19 rings (SSSR count). The Morgan fingerprint density at radius 1 is 0.408 bits per heavy atom. The van der Waals surface area contributed by atoms with E-state index in [-0.39, 0.29) is 63.9 Å². The Morgan fingerprint density at radius 3 is 1.13 bits per heavy atom. The molecule has 6 saturated heterocycles. The van der Waals surface area contributed by atoms with Gasteiger partial charge in [0.15, 0.2) is 107 Å². The Labute approximate surface area is 676 Å². The third kappa shape index (κ3) is 16.5. The molecule has 15 heterocycles. The number of amides is 6. The number of rotatable bonds is 22. The van der Waals surface area contributed by atoms with Crippen molar-refractivity contribution in [2.75, 3.05) is 29.0 Å². The average Bonchev–Trinajstić information content (AvgIpc) is 1.60. The van der Waals surface area contributed by atoms with E-state index in [0.717, 1.165) is 29.5 Å². The minimum atomic E-state index is -1.20. The fraction of sp³-hybridized carbons (Fsp3) is 0.282. The van der Waals surface area contributed by atoms with Crippen LogP contribution in [0.15, 0.2) is 190 Å². The van der Waals surface area contributed by atoms with Crippen molar-refractivity contribution in [3.8, 4) is 17.6 Å². The van der Waals surface area contributed by atoms with E-state index >= 15 is 0 Å². The van der Waals surface area contributed by atoms with Crippen LogP contribution < -0.4 is 46.1 Å². The number of carboxylic acids is 3. The Bertz CT molecular complexity index is 5800. The quantitative estimate of drug-likeness (QED) is 0.0311. The molecule has 12 aromatic rings. The monoisotopic (exact) mass is 1640 g/mol. The summed E-state index contributed by atoms with van der Waals surface area (Å²) in [5.74, 6) is -3.26. The summed E-state index contributed by atoms with van der Waals surface area (Å²) in [6, 6.07) is 36.0. The molecule has 7 aliphatic rings. The number of aromatic carboxylic acids is 3. The van der Waals surface area contributed by atoms with Crippen LogP contribution >= 0.6 is 0 Å². The first kappa shape index (κ1) is 78.3. The lowest BCUT2D eigenvalue weighted by Crippen LogP contribution is -2.33. The number of hydrogen-bond acceptors (Lipinski definition) is 30. The zero-order valence-corrected chi connectivity index (χ0v) is 62.9. The van der Waals surface area contributed by atoms with Crippen LogP contribution in [0.25, 0.3) is 39.6 Å². The molecule has 0 bridgehead atoms. The number of aromatic nitrogens is 15. The fourth-order valence-corrected chi connectivity index (χ4v) is 13.8. The molecule has 9 N–H and O–H groups in total. The molecule has 6 amide bonds. The molecule has 120 heavy (non-hydrogen) atoms. The zero-order valence-electron chi connectivity index (χ0n) is 62.9. The SMILES string of the molecule is CCNC(=O)Nc1ncnc2c1ncn2C1OC(Oc2ncccc2C(=O)O)C2O[C@H](/C=C/c3ccccc3)OC21.CCNC(=O)Nc1ncnc2c1ncn2C1OC(Oc2ncccc2C(=O)O)C2O[C@H](c3ccccc3)OC21.O=C(Nc1ncnc2c1ncn2C1OC(Oc2ncccc2C(=O)O)C2O[C@H](c3ccccc3)OC21)NC1CC1. The number of fused-ring (bicyclic) bond motifs is 6. The number of urea groups is 3. The number of ether oxygens (including phenoxy) is 12. The molecule has 9 aromatic heterocycles. The predicted molar refractivity (Wildman–Crippen MR) is 411 cm³/mol. The van der Waals surface area contributed by atoms with Gasteiger partial charge >= 0.3 is 36.0 Å². The third-order valence-corrected chi connectivity index (χ3v) is 19.4. The van der Waals surface area contributed by atoms with Gasteiger partial charge in [-0.25, -0.2) is 88.6 Å². The van der Waals surface area contributed by atoms with Crippen LogP contribution in [0.4, 0.5) is 31.8 Å². The highest BCUT2D eigenvalue weighted by Crippen LogP contribution is 2.49. The van der Waals surface area contributed by atoms with Crippen molar-refractivity contribution in [3.63, 3.8) is 0 Å². The predicted octanol–water partition coefficient (Wildman–Crippen LogP) is 7.92. The molecule has 1 saturated carbocycles. The molecular weight excluding hydrogens is 1570 g/mol. The van der Waals surface area contributed by atoms with Gasteiger partial charge in [0.1, 0.15) is 54.0 Å². The number of pyridine rings is 3. The van der Waals surface area contributed by atoms with Gasteiger partial charge in [0.05, 0.1) is 19.0 Å². The highest BCUT2D eigenvalue weighted by molar-refractivity contribution is 5.98. The zero-order chi connectivity index (χ0) is 82.5. The maximum Gasteiger partial charge on any atom is 0.341 e. The van der Waals surface area contributed by atoms with Crippen LogP contribution in [0.5, 0.6) is 17.6 Å². The second-order valence-electron chi connectivity index (χ2n) is 27.2. The number of nitrogens with zero attached hydrogens (tertiary/aromatic N) is 15. The van der Waals surface area contributed by atoms with Gasteiger partial charge in [-0.05, 0) is 74.7 Å². The smallest absolute Gasteiger partial charge is 0.341 e. The summed E-state index contributed by atoms with van der Waals surface area (Å²) >= 11 is 0. The topological polar surface area (TPSA) is 516 Å². The maximum absolute atomic E-state index is 12.3. The van der Waals surface area contributed by atoms with Crippen LogP contribution in [0.3, 0.4) is 0 Å². The molecular formula is C78H71N21O21. The molecule has 12 unspecified atom stereocenters. The lowest BCUT2D eigenvalue weighted by Gasteiger charge is -2.22. The maximum atomic E-state index is 12.3. The molecule has 42 nitrogen and oxygen atoms in total. The summed E-state index contributed by atoms with van der Waals surface area (Å²) in [6.07, 6.45) is 5.98. The Balaban J connectivity index is 0.000000128. The lowest BCUT2D eigenvalue weighted by atomic mass is 10.2. The molecule has 0 spiro atoms. The van der Waals surface area contributed by atoms with Gasteiger partial charge in [-0.2, -0.15) is 0 Å². The van der Waals surface area contributed by atoms with Crippen LogP contribution in [-0.2, 0) is 42.6 Å². The van der Waals surface area contributed by atoms with E-state index in [1.54, 1.807) is 33.6 Å². The number of benzene rings is 3. The number of carbonyl (C=O) groups is 6. The van der Waals surface area contributed by atoms with Gasteiger partial charge < -0.3 is 88.1 Å². The largest absolute Gasteiger partial charge is 0.477 e. The Kier molecular flexibility index (Phi) is 22.5. The Morgan fingerprint density at radius 2 is 0.758 bits per heavy atom.